The largest absolute Gasteiger partial charge is 0.331 e. The zero-order chi connectivity index (χ0) is 25.0. The number of thiophene rings is 1. The highest BCUT2D eigenvalue weighted by molar-refractivity contribution is 7.16. The highest BCUT2D eigenvalue weighted by Crippen LogP contribution is 2.55. The van der Waals surface area contributed by atoms with Gasteiger partial charge in [0.05, 0.1) is 22.2 Å². The second-order valence-corrected chi connectivity index (χ2v) is 11.5. The van der Waals surface area contributed by atoms with Crippen molar-refractivity contribution < 1.29 is 9.18 Å². The summed E-state index contributed by atoms with van der Waals surface area (Å²) in [5.41, 5.74) is 2.77. The highest BCUT2D eigenvalue weighted by Gasteiger charge is 2.52. The SMILES string of the molecule is Cc1c(-c2nc(Nc3ccc(C4CCN(C)CC4)cn3)ncc2F)sc2c1C(=O)N(C)C21CCCC1. The molecule has 36 heavy (non-hydrogen) atoms. The van der Waals surface area contributed by atoms with E-state index in [1.54, 1.807) is 0 Å². The van der Waals surface area contributed by atoms with Gasteiger partial charge in [0.15, 0.2) is 5.82 Å². The Morgan fingerprint density at radius 2 is 1.86 bits per heavy atom. The number of fused-ring (bicyclic) bond motifs is 2. The van der Waals surface area contributed by atoms with Crippen LogP contribution < -0.4 is 5.32 Å². The van der Waals surface area contributed by atoms with Crippen LogP contribution in [-0.2, 0) is 5.54 Å². The third-order valence-electron chi connectivity index (χ3n) is 8.34. The quantitative estimate of drug-likeness (QED) is 0.507. The van der Waals surface area contributed by atoms with E-state index in [0.717, 1.165) is 67.6 Å². The van der Waals surface area contributed by atoms with Gasteiger partial charge >= 0.3 is 0 Å². The normalized spacial score (nSPS) is 19.9. The Kier molecular flexibility index (Phi) is 5.80. The van der Waals surface area contributed by atoms with Crippen molar-refractivity contribution in [2.24, 2.45) is 0 Å². The molecule has 1 spiro atoms. The van der Waals surface area contributed by atoms with E-state index in [0.29, 0.717) is 16.6 Å². The van der Waals surface area contributed by atoms with E-state index in [1.165, 1.54) is 23.1 Å². The number of nitrogens with zero attached hydrogens (tertiary/aromatic N) is 5. The topological polar surface area (TPSA) is 74.2 Å². The number of carbonyl (C=O) groups excluding carboxylic acids is 1. The number of nitrogens with one attached hydrogen (secondary N) is 1. The Morgan fingerprint density at radius 1 is 1.11 bits per heavy atom. The molecule has 1 saturated carbocycles. The molecule has 0 atom stereocenters. The van der Waals surface area contributed by atoms with Gasteiger partial charge in [-0.1, -0.05) is 18.9 Å². The fourth-order valence-electron chi connectivity index (χ4n) is 6.13. The first-order chi connectivity index (χ1) is 17.4. The molecular weight excluding hydrogens is 475 g/mol. The molecule has 2 fully saturated rings. The Balaban J connectivity index is 1.27. The lowest BCUT2D eigenvalue weighted by Gasteiger charge is -2.32. The van der Waals surface area contributed by atoms with Gasteiger partial charge in [-0.25, -0.2) is 19.3 Å². The van der Waals surface area contributed by atoms with Gasteiger partial charge in [-0.05, 0) is 75.9 Å². The number of halogens is 1. The summed E-state index contributed by atoms with van der Waals surface area (Å²) in [5.74, 6) is 0.989. The molecule has 6 rings (SSSR count). The van der Waals surface area contributed by atoms with Gasteiger partial charge < -0.3 is 15.1 Å². The number of piperidine rings is 1. The third kappa shape index (κ3) is 3.71. The number of carbonyl (C=O) groups is 1. The number of pyridine rings is 1. The van der Waals surface area contributed by atoms with Gasteiger partial charge in [0.25, 0.3) is 5.91 Å². The smallest absolute Gasteiger partial charge is 0.255 e. The lowest BCUT2D eigenvalue weighted by atomic mass is 9.91. The molecule has 1 amide bonds. The van der Waals surface area contributed by atoms with Crippen LogP contribution in [0.3, 0.4) is 0 Å². The molecule has 3 aromatic rings. The molecule has 1 N–H and O–H groups in total. The van der Waals surface area contributed by atoms with E-state index in [1.807, 2.05) is 31.1 Å². The maximum atomic E-state index is 15.0. The molecule has 188 valence electrons. The van der Waals surface area contributed by atoms with Gasteiger partial charge in [-0.2, -0.15) is 0 Å². The summed E-state index contributed by atoms with van der Waals surface area (Å²) >= 11 is 1.51. The lowest BCUT2D eigenvalue weighted by Crippen LogP contribution is -2.38. The molecule has 5 heterocycles. The van der Waals surface area contributed by atoms with Crippen LogP contribution in [0, 0.1) is 12.7 Å². The monoisotopic (exact) mass is 506 g/mol. The third-order valence-corrected chi connectivity index (χ3v) is 9.83. The minimum absolute atomic E-state index is 0.0358. The highest BCUT2D eigenvalue weighted by atomic mass is 32.1. The van der Waals surface area contributed by atoms with Crippen LogP contribution in [0.4, 0.5) is 16.2 Å². The zero-order valence-electron chi connectivity index (χ0n) is 21.0. The molecular formula is C27H31FN6OS. The van der Waals surface area contributed by atoms with Gasteiger partial charge in [0.2, 0.25) is 5.95 Å². The van der Waals surface area contributed by atoms with Crippen molar-refractivity contribution in [2.75, 3.05) is 32.5 Å². The summed E-state index contributed by atoms with van der Waals surface area (Å²) in [5, 5.41) is 3.13. The first kappa shape index (κ1) is 23.5. The maximum absolute atomic E-state index is 15.0. The molecule has 1 saturated heterocycles. The number of likely N-dealkylation sites (tertiary alicyclic amines) is 1. The van der Waals surface area contributed by atoms with E-state index in [2.05, 4.69) is 38.3 Å². The number of rotatable bonds is 4. The van der Waals surface area contributed by atoms with E-state index in [9.17, 15) is 4.79 Å². The zero-order valence-corrected chi connectivity index (χ0v) is 21.8. The average molecular weight is 507 g/mol. The second kappa shape index (κ2) is 8.88. The van der Waals surface area contributed by atoms with Crippen LogP contribution in [0.1, 0.15) is 70.8 Å². The average Bonchev–Trinajstić information content (AvgIpc) is 3.56. The van der Waals surface area contributed by atoms with Gasteiger partial charge in [-0.15, -0.1) is 11.3 Å². The minimum atomic E-state index is -0.490. The predicted molar refractivity (Wildman–Crippen MR) is 139 cm³/mol. The molecule has 7 nitrogen and oxygen atoms in total. The molecule has 0 aromatic carbocycles. The fourth-order valence-corrected chi connectivity index (χ4v) is 7.70. The lowest BCUT2D eigenvalue weighted by molar-refractivity contribution is 0.0645. The van der Waals surface area contributed by atoms with Gasteiger partial charge in [0.1, 0.15) is 11.5 Å². The predicted octanol–water partition coefficient (Wildman–Crippen LogP) is 5.46. The summed E-state index contributed by atoms with van der Waals surface area (Å²) in [7, 11) is 4.06. The van der Waals surface area contributed by atoms with Gasteiger partial charge in [-0.3, -0.25) is 4.79 Å². The van der Waals surface area contributed by atoms with Crippen LogP contribution in [0.2, 0.25) is 0 Å². The molecule has 1 aliphatic carbocycles. The van der Waals surface area contributed by atoms with E-state index < -0.39 is 5.82 Å². The summed E-state index contributed by atoms with van der Waals surface area (Å²) in [4.78, 5) is 32.5. The van der Waals surface area contributed by atoms with E-state index in [4.69, 9.17) is 0 Å². The van der Waals surface area contributed by atoms with Crippen LogP contribution in [-0.4, -0.2) is 57.8 Å². The van der Waals surface area contributed by atoms with Crippen molar-refractivity contribution in [1.82, 2.24) is 24.8 Å². The fraction of sp³-hybridized carbons (Fsp3) is 0.481. The number of amides is 1. The van der Waals surface area contributed by atoms with Crippen molar-refractivity contribution >= 4 is 29.0 Å². The summed E-state index contributed by atoms with van der Waals surface area (Å²) < 4.78 is 15.0. The van der Waals surface area contributed by atoms with Crippen molar-refractivity contribution in [3.8, 4) is 10.6 Å². The van der Waals surface area contributed by atoms with Crippen LogP contribution in [0.25, 0.3) is 10.6 Å². The Bertz CT molecular complexity index is 1310. The minimum Gasteiger partial charge on any atom is -0.331 e. The second-order valence-electron chi connectivity index (χ2n) is 10.4. The van der Waals surface area contributed by atoms with Crippen molar-refractivity contribution in [3.63, 3.8) is 0 Å². The van der Waals surface area contributed by atoms with Crippen LogP contribution in [0.5, 0.6) is 0 Å². The Hall–Kier alpha value is -2.91. The van der Waals surface area contributed by atoms with Crippen LogP contribution >= 0.6 is 11.3 Å². The summed E-state index contributed by atoms with van der Waals surface area (Å²) in [6.07, 6.45) is 9.50. The maximum Gasteiger partial charge on any atom is 0.255 e. The van der Waals surface area contributed by atoms with E-state index in [-0.39, 0.29) is 23.1 Å². The Morgan fingerprint density at radius 3 is 2.56 bits per heavy atom. The molecule has 2 aliphatic heterocycles. The molecule has 9 heteroatoms. The van der Waals surface area contributed by atoms with Crippen molar-refractivity contribution in [3.05, 3.63) is 51.9 Å². The number of aromatic nitrogens is 3. The first-order valence-electron chi connectivity index (χ1n) is 12.7. The molecule has 3 aliphatic rings. The van der Waals surface area contributed by atoms with Crippen molar-refractivity contribution in [1.29, 1.82) is 0 Å². The molecule has 0 unspecified atom stereocenters. The van der Waals surface area contributed by atoms with Gasteiger partial charge in [0, 0.05) is 18.1 Å². The molecule has 3 aromatic heterocycles. The van der Waals surface area contributed by atoms with E-state index >= 15 is 4.39 Å². The Labute approximate surface area is 214 Å². The van der Waals surface area contributed by atoms with Crippen molar-refractivity contribution in [2.45, 2.75) is 56.9 Å². The number of anilines is 2. The standard InChI is InChI=1S/C27H31FN6OS/c1-16-21-24(27(10-4-5-11-27)34(3)25(21)35)36-23(16)22-19(28)15-30-26(32-22)31-20-7-6-18(14-29-20)17-8-12-33(2)13-9-17/h6-7,14-15,17H,4-5,8-13H2,1-3H3,(H,29,30,31,32). The first-order valence-corrected chi connectivity index (χ1v) is 13.6. The molecule has 0 bridgehead atoms. The van der Waals surface area contributed by atoms with Crippen LogP contribution in [0.15, 0.2) is 24.5 Å². The number of hydrogen-bond acceptors (Lipinski definition) is 7. The summed E-state index contributed by atoms with van der Waals surface area (Å²) in [6.45, 7) is 4.11. The number of hydrogen-bond donors (Lipinski definition) is 1. The molecule has 0 radical (unpaired) electrons. The summed E-state index contributed by atoms with van der Waals surface area (Å²) in [6, 6.07) is 4.04.